The summed E-state index contributed by atoms with van der Waals surface area (Å²) in [5.74, 6) is 0.544. The van der Waals surface area contributed by atoms with E-state index >= 15 is 0 Å². The molecule has 0 radical (unpaired) electrons. The van der Waals surface area contributed by atoms with Gasteiger partial charge in [-0.1, -0.05) is 55.4 Å². The van der Waals surface area contributed by atoms with Gasteiger partial charge in [-0.3, -0.25) is 14.5 Å². The van der Waals surface area contributed by atoms with Crippen LogP contribution in [0.25, 0.3) is 0 Å². The minimum absolute atomic E-state index is 0.544. The summed E-state index contributed by atoms with van der Waals surface area (Å²) in [6.45, 7) is 26.2. The molecule has 2 saturated heterocycles. The molecule has 2 fully saturated rings. The number of hydrogen-bond donors (Lipinski definition) is 0. The second kappa shape index (κ2) is 14.1. The van der Waals surface area contributed by atoms with E-state index in [-0.39, 0.29) is 0 Å². The summed E-state index contributed by atoms with van der Waals surface area (Å²) in [5.41, 5.74) is 4.02. The third-order valence-electron chi connectivity index (χ3n) is 4.95. The van der Waals surface area contributed by atoms with Crippen molar-refractivity contribution in [2.24, 2.45) is 7.05 Å². The Labute approximate surface area is 169 Å². The van der Waals surface area contributed by atoms with E-state index < -0.39 is 0 Å². The first kappa shape index (κ1) is 26.1. The number of rotatable bonds is 4. The van der Waals surface area contributed by atoms with Crippen LogP contribution in [0.3, 0.4) is 0 Å². The molecule has 0 bridgehead atoms. The SMILES string of the molecule is CC.CC.CC.Cc1c(C(C)C)c(CN2CCN(C3COC3)CC2)nn1C. The lowest BCUT2D eigenvalue weighted by molar-refractivity contribution is -0.0774. The first-order valence-corrected chi connectivity index (χ1v) is 11.1. The van der Waals surface area contributed by atoms with Crippen LogP contribution in [0.4, 0.5) is 0 Å². The normalized spacial score (nSPS) is 17.7. The predicted molar refractivity (Wildman–Crippen MR) is 118 cm³/mol. The van der Waals surface area contributed by atoms with Crippen molar-refractivity contribution in [1.82, 2.24) is 19.6 Å². The van der Waals surface area contributed by atoms with Gasteiger partial charge in [0.05, 0.1) is 24.9 Å². The molecule has 1 aromatic rings. The molecule has 5 nitrogen and oxygen atoms in total. The molecule has 0 spiro atoms. The molecule has 0 saturated carbocycles. The highest BCUT2D eigenvalue weighted by molar-refractivity contribution is 5.28. The molecule has 2 aliphatic heterocycles. The monoisotopic (exact) mass is 382 g/mol. The molecule has 3 heterocycles. The quantitative estimate of drug-likeness (QED) is 0.770. The van der Waals surface area contributed by atoms with Crippen LogP contribution >= 0.6 is 0 Å². The van der Waals surface area contributed by atoms with Crippen LogP contribution in [-0.4, -0.2) is 65.0 Å². The third kappa shape index (κ3) is 7.20. The molecule has 0 aromatic carbocycles. The number of nitrogens with zero attached hydrogens (tertiary/aromatic N) is 4. The van der Waals surface area contributed by atoms with Gasteiger partial charge < -0.3 is 4.74 Å². The average molecular weight is 383 g/mol. The average Bonchev–Trinajstić information content (AvgIpc) is 2.94. The van der Waals surface area contributed by atoms with Gasteiger partial charge in [0.2, 0.25) is 0 Å². The number of aromatic nitrogens is 2. The zero-order chi connectivity index (χ0) is 21.0. The van der Waals surface area contributed by atoms with Crippen molar-refractivity contribution in [2.75, 3.05) is 39.4 Å². The maximum atomic E-state index is 5.30. The molecular weight excluding hydrogens is 336 g/mol. The van der Waals surface area contributed by atoms with Crippen LogP contribution in [0.15, 0.2) is 0 Å². The van der Waals surface area contributed by atoms with E-state index in [9.17, 15) is 0 Å². The van der Waals surface area contributed by atoms with Crippen LogP contribution < -0.4 is 0 Å². The van der Waals surface area contributed by atoms with E-state index in [4.69, 9.17) is 9.84 Å². The van der Waals surface area contributed by atoms with E-state index in [1.165, 1.54) is 17.0 Å². The third-order valence-corrected chi connectivity index (χ3v) is 4.95. The molecule has 2 aliphatic rings. The molecule has 0 amide bonds. The Kier molecular flexibility index (Phi) is 13.7. The van der Waals surface area contributed by atoms with Crippen molar-refractivity contribution in [3.63, 3.8) is 0 Å². The lowest BCUT2D eigenvalue weighted by Gasteiger charge is -2.42. The van der Waals surface area contributed by atoms with Crippen molar-refractivity contribution in [3.8, 4) is 0 Å². The van der Waals surface area contributed by atoms with Gasteiger partial charge in [0.25, 0.3) is 0 Å². The second-order valence-corrected chi connectivity index (χ2v) is 6.73. The van der Waals surface area contributed by atoms with Crippen LogP contribution in [-0.2, 0) is 18.3 Å². The summed E-state index contributed by atoms with van der Waals surface area (Å²) in [5, 5.41) is 4.75. The molecule has 160 valence electrons. The smallest absolute Gasteiger partial charge is 0.0802 e. The summed E-state index contributed by atoms with van der Waals surface area (Å²) in [4.78, 5) is 5.12. The van der Waals surface area contributed by atoms with Gasteiger partial charge in [0, 0.05) is 51.0 Å². The highest BCUT2D eigenvalue weighted by Gasteiger charge is 2.29. The number of hydrogen-bond acceptors (Lipinski definition) is 4. The summed E-state index contributed by atoms with van der Waals surface area (Å²) in [6, 6.07) is 0.676. The van der Waals surface area contributed by atoms with Gasteiger partial charge in [-0.2, -0.15) is 5.10 Å². The van der Waals surface area contributed by atoms with E-state index in [0.717, 1.165) is 45.9 Å². The van der Waals surface area contributed by atoms with Gasteiger partial charge in [-0.25, -0.2) is 0 Å². The zero-order valence-electron chi connectivity index (χ0n) is 19.8. The fourth-order valence-electron chi connectivity index (χ4n) is 3.49. The Morgan fingerprint density at radius 3 is 1.89 bits per heavy atom. The van der Waals surface area contributed by atoms with Gasteiger partial charge in [0.1, 0.15) is 0 Å². The number of piperazine rings is 1. The summed E-state index contributed by atoms with van der Waals surface area (Å²) < 4.78 is 7.33. The molecule has 0 unspecified atom stereocenters. The van der Waals surface area contributed by atoms with Gasteiger partial charge in [0.15, 0.2) is 0 Å². The number of ether oxygens (including phenoxy) is 1. The predicted octanol–water partition coefficient (Wildman–Crippen LogP) is 4.45. The first-order chi connectivity index (χ1) is 13.1. The van der Waals surface area contributed by atoms with E-state index in [2.05, 4.69) is 37.6 Å². The van der Waals surface area contributed by atoms with Crippen LogP contribution in [0.5, 0.6) is 0 Å². The van der Waals surface area contributed by atoms with Gasteiger partial charge in [-0.05, 0) is 12.8 Å². The van der Waals surface area contributed by atoms with Crippen molar-refractivity contribution in [3.05, 3.63) is 17.0 Å². The van der Waals surface area contributed by atoms with Crippen molar-refractivity contribution in [1.29, 1.82) is 0 Å². The maximum absolute atomic E-state index is 5.30. The standard InChI is InChI=1S/C16H28N4O.3C2H6/c1-12(2)16-13(3)18(4)17-15(16)9-19-5-7-20(8-6-19)14-10-21-11-14;3*1-2/h12,14H,5-11H2,1-4H3;3*1-2H3. The second-order valence-electron chi connectivity index (χ2n) is 6.73. The van der Waals surface area contributed by atoms with Crippen LogP contribution in [0.2, 0.25) is 0 Å². The Hall–Kier alpha value is -0.910. The summed E-state index contributed by atoms with van der Waals surface area (Å²) in [6.07, 6.45) is 0. The van der Waals surface area contributed by atoms with Crippen LogP contribution in [0, 0.1) is 6.92 Å². The minimum Gasteiger partial charge on any atom is -0.378 e. The minimum atomic E-state index is 0.544. The Morgan fingerprint density at radius 2 is 1.48 bits per heavy atom. The van der Waals surface area contributed by atoms with Gasteiger partial charge in [-0.15, -0.1) is 0 Å². The van der Waals surface area contributed by atoms with E-state index in [0.29, 0.717) is 12.0 Å². The van der Waals surface area contributed by atoms with Crippen molar-refractivity contribution in [2.45, 2.75) is 80.8 Å². The Bertz CT molecular complexity index is 487. The molecule has 0 N–H and O–H groups in total. The molecule has 0 atom stereocenters. The maximum Gasteiger partial charge on any atom is 0.0802 e. The highest BCUT2D eigenvalue weighted by Crippen LogP contribution is 2.24. The lowest BCUT2D eigenvalue weighted by Crippen LogP contribution is -2.56. The Morgan fingerprint density at radius 1 is 0.963 bits per heavy atom. The highest BCUT2D eigenvalue weighted by atomic mass is 16.5. The molecule has 5 heteroatoms. The molecule has 1 aromatic heterocycles. The summed E-state index contributed by atoms with van der Waals surface area (Å²) >= 11 is 0. The van der Waals surface area contributed by atoms with Crippen molar-refractivity contribution < 1.29 is 4.74 Å². The first-order valence-electron chi connectivity index (χ1n) is 11.1. The topological polar surface area (TPSA) is 33.5 Å². The van der Waals surface area contributed by atoms with Crippen LogP contribution in [0.1, 0.15) is 78.3 Å². The molecule has 0 aliphatic carbocycles. The largest absolute Gasteiger partial charge is 0.378 e. The van der Waals surface area contributed by atoms with E-state index in [1.54, 1.807) is 0 Å². The fraction of sp³-hybridized carbons (Fsp3) is 0.864. The van der Waals surface area contributed by atoms with Crippen molar-refractivity contribution >= 4 is 0 Å². The molecule has 27 heavy (non-hydrogen) atoms. The van der Waals surface area contributed by atoms with Gasteiger partial charge >= 0.3 is 0 Å². The molecule has 3 rings (SSSR count). The Balaban J connectivity index is 0.00000103. The fourth-order valence-corrected chi connectivity index (χ4v) is 3.49. The summed E-state index contributed by atoms with van der Waals surface area (Å²) in [7, 11) is 2.05. The number of aryl methyl sites for hydroxylation is 1. The lowest BCUT2D eigenvalue weighted by atomic mass is 10.0. The zero-order valence-corrected chi connectivity index (χ0v) is 19.8. The molecular formula is C22H46N4O. The van der Waals surface area contributed by atoms with E-state index in [1.807, 2.05) is 46.2 Å².